The van der Waals surface area contributed by atoms with E-state index in [1.165, 1.54) is 46.0 Å². The molecule has 3 aromatic heterocycles. The van der Waals surface area contributed by atoms with Gasteiger partial charge in [0.15, 0.2) is 0 Å². The van der Waals surface area contributed by atoms with Crippen LogP contribution >= 0.6 is 0 Å². The van der Waals surface area contributed by atoms with Crippen LogP contribution in [0.2, 0.25) is 0 Å². The van der Waals surface area contributed by atoms with Crippen LogP contribution in [0.3, 0.4) is 0 Å². The maximum atomic E-state index is 5.11. The van der Waals surface area contributed by atoms with Crippen molar-refractivity contribution in [1.82, 2.24) is 20.2 Å². The van der Waals surface area contributed by atoms with Gasteiger partial charge in [0.2, 0.25) is 0 Å². The second-order valence-corrected chi connectivity index (χ2v) is 7.28. The molecule has 0 bridgehead atoms. The highest BCUT2D eigenvalue weighted by molar-refractivity contribution is 6.07. The van der Waals surface area contributed by atoms with E-state index in [1.54, 1.807) is 0 Å². The van der Waals surface area contributed by atoms with E-state index < -0.39 is 0 Å². The molecule has 2 aliphatic carbocycles. The minimum Gasteiger partial charge on any atom is -0.278 e. The highest BCUT2D eigenvalue weighted by atomic mass is 15.1. The Morgan fingerprint density at radius 3 is 2.88 bits per heavy atom. The number of fused-ring (bicyclic) bond motifs is 6. The summed E-state index contributed by atoms with van der Waals surface area (Å²) in [5, 5.41) is 9.82. The summed E-state index contributed by atoms with van der Waals surface area (Å²) in [6, 6.07) is 6.46. The van der Waals surface area contributed by atoms with Crippen LogP contribution < -0.4 is 0 Å². The summed E-state index contributed by atoms with van der Waals surface area (Å²) in [7, 11) is 0. The van der Waals surface area contributed by atoms with Gasteiger partial charge in [-0.05, 0) is 60.6 Å². The predicted octanol–water partition coefficient (Wildman–Crippen LogP) is 4.62. The molecule has 0 saturated carbocycles. The minimum absolute atomic E-state index is 0.942. The van der Waals surface area contributed by atoms with Crippen LogP contribution in [0.1, 0.15) is 35.2 Å². The number of aromatic nitrogens is 4. The van der Waals surface area contributed by atoms with E-state index in [2.05, 4.69) is 45.5 Å². The minimum atomic E-state index is 0.942. The monoisotopic (exact) mass is 338 g/mol. The molecule has 1 N–H and O–H groups in total. The molecule has 0 saturated heterocycles. The zero-order valence-electron chi connectivity index (χ0n) is 14.4. The summed E-state index contributed by atoms with van der Waals surface area (Å²) in [5.41, 5.74) is 9.67. The van der Waals surface area contributed by atoms with Crippen LogP contribution in [-0.2, 0) is 19.3 Å². The highest BCUT2D eigenvalue weighted by Crippen LogP contribution is 2.38. The third-order valence-corrected chi connectivity index (χ3v) is 5.78. The number of aromatic amines is 1. The van der Waals surface area contributed by atoms with Gasteiger partial charge in [0, 0.05) is 29.0 Å². The molecule has 0 spiro atoms. The molecule has 0 fully saturated rings. The van der Waals surface area contributed by atoms with Gasteiger partial charge in [-0.25, -0.2) is 4.98 Å². The van der Waals surface area contributed by atoms with Gasteiger partial charge in [0.05, 0.1) is 28.6 Å². The molecule has 3 heterocycles. The third-order valence-electron chi connectivity index (χ3n) is 5.78. The lowest BCUT2D eigenvalue weighted by atomic mass is 9.85. The van der Waals surface area contributed by atoms with Gasteiger partial charge in [-0.1, -0.05) is 12.2 Å². The Kier molecular flexibility index (Phi) is 2.86. The number of benzene rings is 1. The summed E-state index contributed by atoms with van der Waals surface area (Å²) >= 11 is 0. The van der Waals surface area contributed by atoms with E-state index in [4.69, 9.17) is 4.98 Å². The van der Waals surface area contributed by atoms with Crippen LogP contribution in [0.25, 0.3) is 39.1 Å². The first-order chi connectivity index (χ1) is 12.9. The number of allylic oxidation sites excluding steroid dienone is 1. The highest BCUT2D eigenvalue weighted by Gasteiger charge is 2.22. The number of nitrogens with one attached hydrogen (secondary N) is 1. The molecule has 0 atom stereocenters. The van der Waals surface area contributed by atoms with Gasteiger partial charge in [0.1, 0.15) is 0 Å². The summed E-state index contributed by atoms with van der Waals surface area (Å²) in [5.74, 6) is 0. The lowest BCUT2D eigenvalue weighted by Crippen LogP contribution is -2.08. The van der Waals surface area contributed by atoms with Crippen LogP contribution in [-0.4, -0.2) is 20.2 Å². The average molecular weight is 338 g/mol. The number of aryl methyl sites for hydroxylation is 1. The van der Waals surface area contributed by atoms with E-state index in [1.807, 2.05) is 12.4 Å². The van der Waals surface area contributed by atoms with Crippen molar-refractivity contribution in [3.63, 3.8) is 0 Å². The number of nitrogens with zero attached hydrogens (tertiary/aromatic N) is 3. The summed E-state index contributed by atoms with van der Waals surface area (Å²) in [6.07, 6.45) is 13.9. The molecular formula is C22H18N4. The molecule has 4 heteroatoms. The van der Waals surface area contributed by atoms with Crippen molar-refractivity contribution < 1.29 is 0 Å². The van der Waals surface area contributed by atoms with Crippen molar-refractivity contribution in [2.75, 3.05) is 0 Å². The Hall–Kier alpha value is -3.01. The first-order valence-electron chi connectivity index (χ1n) is 9.32. The van der Waals surface area contributed by atoms with Crippen LogP contribution in [0.15, 0.2) is 36.7 Å². The van der Waals surface area contributed by atoms with Gasteiger partial charge in [-0.15, -0.1) is 0 Å². The molecule has 0 unspecified atom stereocenters. The topological polar surface area (TPSA) is 54.5 Å². The second-order valence-electron chi connectivity index (χ2n) is 7.28. The van der Waals surface area contributed by atoms with Crippen molar-refractivity contribution in [3.05, 3.63) is 59.1 Å². The van der Waals surface area contributed by atoms with Gasteiger partial charge in [-0.2, -0.15) is 5.10 Å². The largest absolute Gasteiger partial charge is 0.278 e. The Bertz CT molecular complexity index is 1220. The summed E-state index contributed by atoms with van der Waals surface area (Å²) in [4.78, 5) is 9.80. The van der Waals surface area contributed by atoms with E-state index in [0.29, 0.717) is 0 Å². The molecule has 1 aromatic carbocycles. The maximum absolute atomic E-state index is 5.11. The molecule has 26 heavy (non-hydrogen) atoms. The SMILES string of the molecule is C1=Cc2cc(-c3nc4ccc5[nH]ncc5c4c4c3CCCC4)cnc2C1. The molecule has 0 aliphatic heterocycles. The van der Waals surface area contributed by atoms with Crippen molar-refractivity contribution in [2.24, 2.45) is 0 Å². The molecule has 2 aliphatic rings. The summed E-state index contributed by atoms with van der Waals surface area (Å²) in [6.45, 7) is 0. The van der Waals surface area contributed by atoms with Gasteiger partial charge in [0.25, 0.3) is 0 Å². The Balaban J connectivity index is 1.69. The first-order valence-corrected chi connectivity index (χ1v) is 9.32. The zero-order chi connectivity index (χ0) is 17.1. The molecule has 0 amide bonds. The van der Waals surface area contributed by atoms with E-state index >= 15 is 0 Å². The fraction of sp³-hybridized carbons (Fsp3) is 0.227. The first kappa shape index (κ1) is 14.2. The van der Waals surface area contributed by atoms with Crippen molar-refractivity contribution >= 4 is 27.9 Å². The fourth-order valence-corrected chi connectivity index (χ4v) is 4.54. The summed E-state index contributed by atoms with van der Waals surface area (Å²) < 4.78 is 0. The molecular weight excluding hydrogens is 320 g/mol. The van der Waals surface area contributed by atoms with Crippen molar-refractivity contribution in [2.45, 2.75) is 32.1 Å². The number of hydrogen-bond acceptors (Lipinski definition) is 3. The number of pyridine rings is 2. The molecule has 0 radical (unpaired) electrons. The molecule has 126 valence electrons. The van der Waals surface area contributed by atoms with Crippen LogP contribution in [0.5, 0.6) is 0 Å². The van der Waals surface area contributed by atoms with E-state index in [0.717, 1.165) is 41.6 Å². The lowest BCUT2D eigenvalue weighted by molar-refractivity contribution is 0.689. The second kappa shape index (κ2) is 5.24. The third kappa shape index (κ3) is 1.93. The van der Waals surface area contributed by atoms with Gasteiger partial charge in [-0.3, -0.25) is 10.1 Å². The van der Waals surface area contributed by atoms with Crippen molar-refractivity contribution in [3.8, 4) is 11.3 Å². The normalized spacial score (nSPS) is 15.5. The van der Waals surface area contributed by atoms with E-state index in [9.17, 15) is 0 Å². The quantitative estimate of drug-likeness (QED) is 0.551. The van der Waals surface area contributed by atoms with Crippen LogP contribution in [0.4, 0.5) is 0 Å². The fourth-order valence-electron chi connectivity index (χ4n) is 4.54. The average Bonchev–Trinajstić information content (AvgIpc) is 3.35. The Labute approximate surface area is 151 Å². The Morgan fingerprint density at radius 1 is 1.00 bits per heavy atom. The molecule has 4 aromatic rings. The van der Waals surface area contributed by atoms with Crippen LogP contribution in [0, 0.1) is 0 Å². The van der Waals surface area contributed by atoms with E-state index in [-0.39, 0.29) is 0 Å². The zero-order valence-corrected chi connectivity index (χ0v) is 14.4. The lowest BCUT2D eigenvalue weighted by Gasteiger charge is -2.22. The molecule has 4 nitrogen and oxygen atoms in total. The number of H-pyrrole nitrogens is 1. The number of rotatable bonds is 1. The van der Waals surface area contributed by atoms with Crippen molar-refractivity contribution in [1.29, 1.82) is 0 Å². The predicted molar refractivity (Wildman–Crippen MR) is 104 cm³/mol. The van der Waals surface area contributed by atoms with Gasteiger partial charge < -0.3 is 0 Å². The Morgan fingerprint density at radius 2 is 1.92 bits per heavy atom. The van der Waals surface area contributed by atoms with Gasteiger partial charge >= 0.3 is 0 Å². The molecule has 6 rings (SSSR count). The maximum Gasteiger partial charge on any atom is 0.0760 e. The number of hydrogen-bond donors (Lipinski definition) is 1. The smallest absolute Gasteiger partial charge is 0.0760 e. The standard InChI is InChI=1S/C22H18N4/c1-2-6-16-15(5-1)21-17-12-24-26-19(17)8-9-20(21)25-22(16)14-10-13-4-3-7-18(13)23-11-14/h3-4,8-12H,1-2,5-7H2,(H,24,26).